The number of guanidine groups is 1. The summed E-state index contributed by atoms with van der Waals surface area (Å²) in [5.41, 5.74) is 2.22. The molecular formula is C24H34N4O3. The van der Waals surface area contributed by atoms with Crippen molar-refractivity contribution in [3.05, 3.63) is 48.0 Å². The summed E-state index contributed by atoms with van der Waals surface area (Å²) >= 11 is 0. The number of hydrogen-bond acceptors (Lipinski definition) is 5. The molecule has 3 rings (SSSR count). The molecule has 0 saturated carbocycles. The molecular weight excluding hydrogens is 392 g/mol. The van der Waals surface area contributed by atoms with Crippen molar-refractivity contribution in [3.63, 3.8) is 0 Å². The van der Waals surface area contributed by atoms with Gasteiger partial charge in [-0.3, -0.25) is 4.99 Å². The molecule has 0 amide bonds. The van der Waals surface area contributed by atoms with E-state index in [1.54, 1.807) is 20.3 Å². The molecule has 0 spiro atoms. The Labute approximate surface area is 185 Å². The van der Waals surface area contributed by atoms with Crippen LogP contribution in [0.3, 0.4) is 0 Å². The molecule has 0 aliphatic carbocycles. The average molecular weight is 427 g/mol. The van der Waals surface area contributed by atoms with Gasteiger partial charge in [-0.05, 0) is 56.0 Å². The first kappa shape index (κ1) is 22.6. The second-order valence-electron chi connectivity index (χ2n) is 7.62. The molecule has 1 unspecified atom stereocenters. The maximum Gasteiger partial charge on any atom is 0.191 e. The van der Waals surface area contributed by atoms with Crippen LogP contribution >= 0.6 is 0 Å². The first-order chi connectivity index (χ1) is 15.1. The van der Waals surface area contributed by atoms with Crippen molar-refractivity contribution in [2.24, 2.45) is 4.99 Å². The second kappa shape index (κ2) is 11.3. The van der Waals surface area contributed by atoms with E-state index in [2.05, 4.69) is 34.6 Å². The zero-order chi connectivity index (χ0) is 22.1. The Hall–Kier alpha value is -3.09. The van der Waals surface area contributed by atoms with Crippen LogP contribution in [0.25, 0.3) is 0 Å². The van der Waals surface area contributed by atoms with Gasteiger partial charge in [0.1, 0.15) is 5.75 Å². The molecule has 1 aliphatic rings. The number of methoxy groups -OCH3 is 2. The van der Waals surface area contributed by atoms with Crippen molar-refractivity contribution in [1.29, 1.82) is 0 Å². The fourth-order valence-electron chi connectivity index (χ4n) is 3.89. The molecule has 1 fully saturated rings. The van der Waals surface area contributed by atoms with Gasteiger partial charge in [0.15, 0.2) is 17.5 Å². The number of rotatable bonds is 8. The lowest BCUT2D eigenvalue weighted by atomic mass is 10.0. The molecule has 0 aromatic heterocycles. The zero-order valence-corrected chi connectivity index (χ0v) is 18.7. The highest BCUT2D eigenvalue weighted by Crippen LogP contribution is 2.30. The third-order valence-electron chi connectivity index (χ3n) is 5.45. The van der Waals surface area contributed by atoms with Crippen LogP contribution in [0, 0.1) is 0 Å². The normalized spacial score (nSPS) is 16.7. The first-order valence-electron chi connectivity index (χ1n) is 10.9. The van der Waals surface area contributed by atoms with E-state index in [9.17, 15) is 5.11 Å². The molecule has 1 atom stereocenters. The number of hydrogen-bond donors (Lipinski definition) is 3. The SMILES string of the molecule is CCNC(=NCCc1ccc(O)c(OC)c1)NC1CCCN(c2ccccc2OC)C1. The van der Waals surface area contributed by atoms with Gasteiger partial charge < -0.3 is 30.1 Å². The molecule has 0 bridgehead atoms. The minimum absolute atomic E-state index is 0.154. The smallest absolute Gasteiger partial charge is 0.191 e. The van der Waals surface area contributed by atoms with E-state index in [0.29, 0.717) is 18.3 Å². The Morgan fingerprint density at radius 2 is 1.97 bits per heavy atom. The lowest BCUT2D eigenvalue weighted by Crippen LogP contribution is -2.51. The van der Waals surface area contributed by atoms with Gasteiger partial charge in [-0.2, -0.15) is 0 Å². The summed E-state index contributed by atoms with van der Waals surface area (Å²) in [6.07, 6.45) is 2.98. The van der Waals surface area contributed by atoms with Gasteiger partial charge >= 0.3 is 0 Å². The van der Waals surface area contributed by atoms with Gasteiger partial charge in [-0.25, -0.2) is 0 Å². The minimum Gasteiger partial charge on any atom is -0.504 e. The fraction of sp³-hybridized carbons (Fsp3) is 0.458. The first-order valence-corrected chi connectivity index (χ1v) is 10.9. The van der Waals surface area contributed by atoms with E-state index < -0.39 is 0 Å². The third kappa shape index (κ3) is 6.20. The number of aromatic hydroxyl groups is 1. The Bertz CT molecular complexity index is 872. The van der Waals surface area contributed by atoms with Crippen LogP contribution in [0.5, 0.6) is 17.2 Å². The van der Waals surface area contributed by atoms with Crippen molar-refractivity contribution in [2.45, 2.75) is 32.2 Å². The van der Waals surface area contributed by atoms with Crippen LogP contribution in [0.4, 0.5) is 5.69 Å². The molecule has 2 aromatic carbocycles. The monoisotopic (exact) mass is 426 g/mol. The number of benzene rings is 2. The Balaban J connectivity index is 1.61. The maximum atomic E-state index is 9.75. The molecule has 1 heterocycles. The lowest BCUT2D eigenvalue weighted by molar-refractivity contribution is 0.373. The van der Waals surface area contributed by atoms with Crippen molar-refractivity contribution < 1.29 is 14.6 Å². The van der Waals surface area contributed by atoms with E-state index in [1.807, 2.05) is 24.3 Å². The van der Waals surface area contributed by atoms with Gasteiger partial charge in [0.05, 0.1) is 19.9 Å². The fourth-order valence-corrected chi connectivity index (χ4v) is 3.89. The summed E-state index contributed by atoms with van der Waals surface area (Å²) in [6.45, 7) is 5.45. The highest BCUT2D eigenvalue weighted by Gasteiger charge is 2.22. The molecule has 168 valence electrons. The van der Waals surface area contributed by atoms with Gasteiger partial charge in [0.25, 0.3) is 0 Å². The topological polar surface area (TPSA) is 78.4 Å². The average Bonchev–Trinajstić information content (AvgIpc) is 2.80. The Morgan fingerprint density at radius 3 is 2.74 bits per heavy atom. The van der Waals surface area contributed by atoms with Crippen molar-refractivity contribution in [3.8, 4) is 17.2 Å². The van der Waals surface area contributed by atoms with Gasteiger partial charge in [0, 0.05) is 32.2 Å². The highest BCUT2D eigenvalue weighted by molar-refractivity contribution is 5.80. The summed E-state index contributed by atoms with van der Waals surface area (Å²) in [6, 6.07) is 13.9. The van der Waals surface area contributed by atoms with Crippen LogP contribution in [0.1, 0.15) is 25.3 Å². The maximum absolute atomic E-state index is 9.75. The number of anilines is 1. The standard InChI is InChI=1S/C24H34N4O3/c1-4-25-24(26-14-13-18-11-12-21(29)23(16-18)31-3)27-19-8-7-15-28(17-19)20-9-5-6-10-22(20)30-2/h5-6,9-12,16,19,29H,4,7-8,13-15,17H2,1-3H3,(H2,25,26,27). The minimum atomic E-state index is 0.154. The second-order valence-corrected chi connectivity index (χ2v) is 7.62. The van der Waals surface area contributed by atoms with Gasteiger partial charge in [-0.1, -0.05) is 18.2 Å². The number of ether oxygens (including phenoxy) is 2. The summed E-state index contributed by atoms with van der Waals surface area (Å²) in [5, 5.41) is 16.7. The van der Waals surface area contributed by atoms with Crippen LogP contribution in [0.2, 0.25) is 0 Å². The van der Waals surface area contributed by atoms with Crippen LogP contribution < -0.4 is 25.0 Å². The summed E-state index contributed by atoms with van der Waals surface area (Å²) in [5.74, 6) is 2.39. The molecule has 3 N–H and O–H groups in total. The number of piperidine rings is 1. The summed E-state index contributed by atoms with van der Waals surface area (Å²) < 4.78 is 10.7. The number of nitrogens with one attached hydrogen (secondary N) is 2. The van der Waals surface area contributed by atoms with Crippen LogP contribution in [-0.4, -0.2) is 57.5 Å². The molecule has 1 saturated heterocycles. The van der Waals surface area contributed by atoms with E-state index in [-0.39, 0.29) is 5.75 Å². The van der Waals surface area contributed by atoms with E-state index in [1.165, 1.54) is 0 Å². The van der Waals surface area contributed by atoms with Gasteiger partial charge in [0.2, 0.25) is 0 Å². The summed E-state index contributed by atoms with van der Waals surface area (Å²) in [4.78, 5) is 7.14. The number of phenolic OH excluding ortho intramolecular Hbond substituents is 1. The molecule has 1 aliphatic heterocycles. The molecule has 7 heteroatoms. The number of phenols is 1. The molecule has 31 heavy (non-hydrogen) atoms. The third-order valence-corrected chi connectivity index (χ3v) is 5.45. The van der Waals surface area contributed by atoms with Crippen molar-refractivity contribution >= 4 is 11.6 Å². The van der Waals surface area contributed by atoms with Crippen LogP contribution in [-0.2, 0) is 6.42 Å². The Morgan fingerprint density at radius 1 is 1.16 bits per heavy atom. The highest BCUT2D eigenvalue weighted by atomic mass is 16.5. The molecule has 2 aromatic rings. The Kier molecular flexibility index (Phi) is 8.27. The quantitative estimate of drug-likeness (QED) is 0.445. The summed E-state index contributed by atoms with van der Waals surface area (Å²) in [7, 11) is 3.28. The number of para-hydroxylation sites is 2. The largest absolute Gasteiger partial charge is 0.504 e. The van der Waals surface area contributed by atoms with Crippen LogP contribution in [0.15, 0.2) is 47.5 Å². The van der Waals surface area contributed by atoms with Gasteiger partial charge in [-0.15, -0.1) is 0 Å². The van der Waals surface area contributed by atoms with E-state index >= 15 is 0 Å². The predicted octanol–water partition coefficient (Wildman–Crippen LogP) is 3.18. The molecule has 0 radical (unpaired) electrons. The molecule has 7 nitrogen and oxygen atoms in total. The zero-order valence-electron chi connectivity index (χ0n) is 18.7. The predicted molar refractivity (Wildman–Crippen MR) is 126 cm³/mol. The van der Waals surface area contributed by atoms with E-state index in [0.717, 1.165) is 61.9 Å². The van der Waals surface area contributed by atoms with E-state index in [4.69, 9.17) is 14.5 Å². The number of nitrogens with zero attached hydrogens (tertiary/aromatic N) is 2. The van der Waals surface area contributed by atoms with Crippen molar-refractivity contribution in [2.75, 3.05) is 45.3 Å². The lowest BCUT2D eigenvalue weighted by Gasteiger charge is -2.36. The number of aliphatic imine (C=N–C) groups is 1. The van der Waals surface area contributed by atoms with Crippen molar-refractivity contribution in [1.82, 2.24) is 10.6 Å².